The molecule has 0 saturated carbocycles. The van der Waals surface area contributed by atoms with Gasteiger partial charge in [0.15, 0.2) is 11.2 Å². The lowest BCUT2D eigenvalue weighted by molar-refractivity contribution is 0.669. The Bertz CT molecular complexity index is 5100. The third-order valence-corrected chi connectivity index (χ3v) is 18.1. The molecule has 0 radical (unpaired) electrons. The third kappa shape index (κ3) is 7.97. The van der Waals surface area contributed by atoms with Crippen molar-refractivity contribution in [2.45, 2.75) is 0 Å². The Hall–Kier alpha value is -11.0. The van der Waals surface area contributed by atoms with Gasteiger partial charge in [0, 0.05) is 63.6 Å². The molecular weight excluding hydrogens is 1050 g/mol. The Kier molecular flexibility index (Phi) is 11.4. The van der Waals surface area contributed by atoms with Crippen molar-refractivity contribution in [3.05, 3.63) is 303 Å². The van der Waals surface area contributed by atoms with E-state index in [1.807, 2.05) is 11.3 Å². The molecule has 0 aliphatic heterocycles. The molecule has 0 atom stereocenters. The molecule has 5 heteroatoms. The maximum atomic E-state index is 7.01. The molecule has 0 bridgehead atoms. The van der Waals surface area contributed by atoms with Crippen molar-refractivity contribution in [1.29, 1.82) is 0 Å². The van der Waals surface area contributed by atoms with Crippen molar-refractivity contribution in [3.63, 3.8) is 0 Å². The van der Waals surface area contributed by atoms with Crippen LogP contribution in [-0.4, -0.2) is 0 Å². The molecule has 3 heterocycles. The maximum absolute atomic E-state index is 7.01. The van der Waals surface area contributed by atoms with Gasteiger partial charge in [-0.25, -0.2) is 0 Å². The number of hydrogen-bond donors (Lipinski definition) is 0. The summed E-state index contributed by atoms with van der Waals surface area (Å²) in [5, 5.41) is 11.4. The minimum absolute atomic E-state index is 0.831. The molecule has 0 aliphatic carbocycles. The third-order valence-electron chi connectivity index (χ3n) is 17.0. The molecule has 85 heavy (non-hydrogen) atoms. The van der Waals surface area contributed by atoms with Crippen molar-refractivity contribution < 1.29 is 8.83 Å². The molecular formula is C80H50N2O2S. The molecule has 398 valence electrons. The number of thiophene rings is 1. The van der Waals surface area contributed by atoms with E-state index in [-0.39, 0.29) is 0 Å². The molecule has 0 spiro atoms. The summed E-state index contributed by atoms with van der Waals surface area (Å²) in [7, 11) is 0. The van der Waals surface area contributed by atoms with Gasteiger partial charge in [0.05, 0.1) is 34.1 Å². The van der Waals surface area contributed by atoms with Crippen molar-refractivity contribution in [3.8, 4) is 44.5 Å². The highest BCUT2D eigenvalue weighted by molar-refractivity contribution is 7.26. The number of benzene rings is 14. The van der Waals surface area contributed by atoms with Gasteiger partial charge in [-0.2, -0.15) is 0 Å². The second-order valence-electron chi connectivity index (χ2n) is 21.8. The van der Waals surface area contributed by atoms with Crippen molar-refractivity contribution in [2.24, 2.45) is 0 Å². The molecule has 0 aliphatic rings. The topological polar surface area (TPSA) is 32.8 Å². The van der Waals surface area contributed by atoms with E-state index < -0.39 is 0 Å². The van der Waals surface area contributed by atoms with Gasteiger partial charge < -0.3 is 18.6 Å². The molecule has 14 aromatic carbocycles. The van der Waals surface area contributed by atoms with Crippen LogP contribution in [0, 0.1) is 0 Å². The summed E-state index contributed by atoms with van der Waals surface area (Å²) in [6, 6.07) is 110. The highest BCUT2D eigenvalue weighted by atomic mass is 32.1. The number of nitrogens with zero attached hydrogens (tertiary/aromatic N) is 2. The van der Waals surface area contributed by atoms with Gasteiger partial charge in [-0.15, -0.1) is 11.3 Å². The average Bonchev–Trinajstić information content (AvgIpc) is 2.88. The van der Waals surface area contributed by atoms with Gasteiger partial charge in [0.25, 0.3) is 0 Å². The maximum Gasteiger partial charge on any atom is 0.159 e. The zero-order chi connectivity index (χ0) is 56.0. The standard InChI is InChI=1S/C80H50N2O2S/c1-5-23-51(24-6-1)55-43-45-67(65(47-55)53-27-9-3-10-28-53)81(69-39-21-37-63-59-33-17-19-41-73(59)83-79(63)69)71-49-75-77(61-35-15-13-31-57(61)71)78-62-36-16-14-32-58(62)72(50-76(78)85-75)82(70-40-22-38-64-60-34-18-20-42-74(60)84-80(64)70)68-46-44-56(52-25-7-2-8-26-52)48-66(68)54-29-11-4-12-30-54/h1-50H. The summed E-state index contributed by atoms with van der Waals surface area (Å²) >= 11 is 1.85. The summed E-state index contributed by atoms with van der Waals surface area (Å²) in [6.45, 7) is 0. The van der Waals surface area contributed by atoms with E-state index in [9.17, 15) is 0 Å². The Morgan fingerprint density at radius 2 is 0.565 bits per heavy atom. The van der Waals surface area contributed by atoms with Crippen LogP contribution < -0.4 is 9.80 Å². The summed E-state index contributed by atoms with van der Waals surface area (Å²) < 4.78 is 16.4. The van der Waals surface area contributed by atoms with E-state index >= 15 is 0 Å². The number of furan rings is 2. The van der Waals surface area contributed by atoms with Crippen LogP contribution in [-0.2, 0) is 0 Å². The van der Waals surface area contributed by atoms with Gasteiger partial charge in [-0.05, 0) is 105 Å². The highest BCUT2D eigenvalue weighted by Crippen LogP contribution is 2.55. The second kappa shape index (κ2) is 19.9. The van der Waals surface area contributed by atoms with Crippen LogP contribution in [0.4, 0.5) is 34.1 Å². The van der Waals surface area contributed by atoms with Crippen LogP contribution in [0.25, 0.3) is 130 Å². The van der Waals surface area contributed by atoms with Crippen LogP contribution in [0.5, 0.6) is 0 Å². The van der Waals surface area contributed by atoms with E-state index in [0.717, 1.165) is 133 Å². The normalized spacial score (nSPS) is 11.8. The Morgan fingerprint density at radius 3 is 0.976 bits per heavy atom. The Labute approximate surface area is 494 Å². The van der Waals surface area contributed by atoms with Gasteiger partial charge in [-0.3, -0.25) is 0 Å². The molecule has 0 saturated heterocycles. The Balaban J connectivity index is 0.960. The monoisotopic (exact) mass is 1100 g/mol. The zero-order valence-corrected chi connectivity index (χ0v) is 46.8. The van der Waals surface area contributed by atoms with Crippen LogP contribution in [0.15, 0.2) is 312 Å². The fourth-order valence-electron chi connectivity index (χ4n) is 13.2. The van der Waals surface area contributed by atoms with Crippen LogP contribution in [0.3, 0.4) is 0 Å². The van der Waals surface area contributed by atoms with E-state index in [1.165, 1.54) is 30.9 Å². The highest BCUT2D eigenvalue weighted by Gasteiger charge is 2.29. The average molecular weight is 1100 g/mol. The van der Waals surface area contributed by atoms with Gasteiger partial charge in [0.1, 0.15) is 11.2 Å². The molecule has 0 amide bonds. The van der Waals surface area contributed by atoms with Crippen molar-refractivity contribution >= 4 is 131 Å². The van der Waals surface area contributed by atoms with E-state index in [1.54, 1.807) is 0 Å². The van der Waals surface area contributed by atoms with Crippen LogP contribution in [0.1, 0.15) is 0 Å². The molecule has 0 unspecified atom stereocenters. The van der Waals surface area contributed by atoms with Crippen LogP contribution in [0.2, 0.25) is 0 Å². The Morgan fingerprint density at radius 1 is 0.224 bits per heavy atom. The smallest absolute Gasteiger partial charge is 0.159 e. The van der Waals surface area contributed by atoms with E-state index in [0.29, 0.717) is 0 Å². The SMILES string of the molecule is c1ccc(-c2ccc(N(c3cc4sc5cc(N(c6ccc(-c7ccccc7)cc6-c6ccccc6)c6cccc7c6oc6ccccc67)c6ccccc6c5c4c4ccccc34)c3cccc4c3oc3ccccc34)c(-c3ccccc3)c2)cc1. The fourth-order valence-corrected chi connectivity index (χ4v) is 14.4. The van der Waals surface area contributed by atoms with Gasteiger partial charge in [-0.1, -0.05) is 243 Å². The lowest BCUT2D eigenvalue weighted by Gasteiger charge is -2.30. The molecule has 17 rings (SSSR count). The van der Waals surface area contributed by atoms with E-state index in [4.69, 9.17) is 8.83 Å². The summed E-state index contributed by atoms with van der Waals surface area (Å²) in [6.07, 6.45) is 0. The molecule has 0 N–H and O–H groups in total. The minimum Gasteiger partial charge on any atom is -0.454 e. The summed E-state index contributed by atoms with van der Waals surface area (Å²) in [5.41, 5.74) is 18.6. The predicted molar refractivity (Wildman–Crippen MR) is 360 cm³/mol. The lowest BCUT2D eigenvalue weighted by Crippen LogP contribution is -2.12. The van der Waals surface area contributed by atoms with Gasteiger partial charge in [0.2, 0.25) is 0 Å². The second-order valence-corrected chi connectivity index (χ2v) is 22.9. The number of rotatable bonds is 10. The van der Waals surface area contributed by atoms with Crippen molar-refractivity contribution in [1.82, 2.24) is 0 Å². The number of para-hydroxylation sites is 4. The summed E-state index contributed by atoms with van der Waals surface area (Å²) in [4.78, 5) is 4.94. The zero-order valence-electron chi connectivity index (χ0n) is 46.0. The predicted octanol–water partition coefficient (Wildman–Crippen LogP) is 23.8. The summed E-state index contributed by atoms with van der Waals surface area (Å²) in [5.74, 6) is 0. The largest absolute Gasteiger partial charge is 0.454 e. The quantitative estimate of drug-likeness (QED) is 0.137. The first-order valence-electron chi connectivity index (χ1n) is 28.9. The first-order chi connectivity index (χ1) is 42.2. The number of fused-ring (bicyclic) bond motifs is 13. The fraction of sp³-hybridized carbons (Fsp3) is 0. The first-order valence-corrected chi connectivity index (χ1v) is 29.7. The number of anilines is 6. The van der Waals surface area contributed by atoms with Crippen LogP contribution >= 0.6 is 11.3 Å². The van der Waals surface area contributed by atoms with E-state index in [2.05, 4.69) is 313 Å². The van der Waals surface area contributed by atoms with Crippen molar-refractivity contribution in [2.75, 3.05) is 9.80 Å². The molecule has 17 aromatic rings. The molecule has 3 aromatic heterocycles. The number of hydrogen-bond acceptors (Lipinski definition) is 5. The minimum atomic E-state index is 0.831. The van der Waals surface area contributed by atoms with Gasteiger partial charge >= 0.3 is 0 Å². The lowest BCUT2D eigenvalue weighted by atomic mass is 9.94. The molecule has 0 fully saturated rings. The first kappa shape index (κ1) is 48.7. The molecule has 4 nitrogen and oxygen atoms in total.